The predicted octanol–water partition coefficient (Wildman–Crippen LogP) is 3.81. The van der Waals surface area contributed by atoms with Crippen molar-refractivity contribution in [3.8, 4) is 0 Å². The fourth-order valence-electron chi connectivity index (χ4n) is 2.65. The number of carbonyl (C=O) groups is 2. The van der Waals surface area contributed by atoms with Crippen LogP contribution in [0.2, 0.25) is 0 Å². The molecular weight excluding hydrogens is 416 g/mol. The molecule has 0 aliphatic rings. The van der Waals surface area contributed by atoms with Crippen molar-refractivity contribution in [2.24, 2.45) is 0 Å². The zero-order valence-electron chi connectivity index (χ0n) is 16.2. The van der Waals surface area contributed by atoms with E-state index in [0.717, 1.165) is 15.6 Å². The van der Waals surface area contributed by atoms with E-state index in [4.69, 9.17) is 4.74 Å². The first-order chi connectivity index (χ1) is 13.6. The highest BCUT2D eigenvalue weighted by atomic mass is 32.2. The van der Waals surface area contributed by atoms with E-state index in [1.165, 1.54) is 13.1 Å². The molecule has 11 heteroatoms. The number of rotatable bonds is 5. The van der Waals surface area contributed by atoms with E-state index in [0.29, 0.717) is 10.9 Å². The van der Waals surface area contributed by atoms with Gasteiger partial charge in [-0.25, -0.2) is 18.3 Å². The van der Waals surface area contributed by atoms with Gasteiger partial charge in [-0.15, -0.1) is 0 Å². The zero-order valence-corrected chi connectivity index (χ0v) is 17.8. The molecule has 1 unspecified atom stereocenters. The number of aromatic nitrogens is 2. The SMILES string of the molecule is CC(=O)Nc1ncc(N(c2c(C(=O)OC(C)(C)C)[nH]c3ccccc23)S(=O)O)s1. The first-order valence-corrected chi connectivity index (χ1v) is 10.4. The predicted molar refractivity (Wildman–Crippen MR) is 113 cm³/mol. The topological polar surface area (TPSA) is 125 Å². The van der Waals surface area contributed by atoms with Crippen molar-refractivity contribution in [3.05, 3.63) is 36.2 Å². The van der Waals surface area contributed by atoms with Crippen LogP contribution in [0.3, 0.4) is 0 Å². The summed E-state index contributed by atoms with van der Waals surface area (Å²) in [7, 11) is 0. The van der Waals surface area contributed by atoms with Crippen LogP contribution in [0.4, 0.5) is 15.8 Å². The van der Waals surface area contributed by atoms with E-state index in [2.05, 4.69) is 15.3 Å². The fraction of sp³-hybridized carbons (Fsp3) is 0.278. The highest BCUT2D eigenvalue weighted by molar-refractivity contribution is 7.81. The van der Waals surface area contributed by atoms with Gasteiger partial charge in [0.05, 0.1) is 11.9 Å². The van der Waals surface area contributed by atoms with E-state index >= 15 is 0 Å². The van der Waals surface area contributed by atoms with Gasteiger partial charge in [0.2, 0.25) is 5.91 Å². The van der Waals surface area contributed by atoms with Crippen LogP contribution in [0, 0.1) is 0 Å². The molecule has 0 radical (unpaired) electrons. The molecule has 0 saturated carbocycles. The summed E-state index contributed by atoms with van der Waals surface area (Å²) in [6, 6.07) is 7.01. The molecule has 29 heavy (non-hydrogen) atoms. The van der Waals surface area contributed by atoms with Gasteiger partial charge in [0, 0.05) is 17.8 Å². The lowest BCUT2D eigenvalue weighted by atomic mass is 10.2. The van der Waals surface area contributed by atoms with Crippen LogP contribution < -0.4 is 9.62 Å². The van der Waals surface area contributed by atoms with Crippen LogP contribution in [0.25, 0.3) is 10.9 Å². The van der Waals surface area contributed by atoms with Crippen molar-refractivity contribution in [1.29, 1.82) is 0 Å². The van der Waals surface area contributed by atoms with Gasteiger partial charge in [-0.05, 0) is 26.8 Å². The van der Waals surface area contributed by atoms with E-state index in [1.54, 1.807) is 45.0 Å². The largest absolute Gasteiger partial charge is 0.455 e. The summed E-state index contributed by atoms with van der Waals surface area (Å²) in [5, 5.41) is 3.63. The van der Waals surface area contributed by atoms with Gasteiger partial charge in [0.25, 0.3) is 11.3 Å². The number of benzene rings is 1. The van der Waals surface area contributed by atoms with Gasteiger partial charge < -0.3 is 15.0 Å². The van der Waals surface area contributed by atoms with Crippen LogP contribution in [-0.2, 0) is 20.8 Å². The molecule has 0 spiro atoms. The Hall–Kier alpha value is -2.76. The summed E-state index contributed by atoms with van der Waals surface area (Å²) in [5.74, 6) is -0.977. The van der Waals surface area contributed by atoms with Crippen LogP contribution in [0.1, 0.15) is 38.2 Å². The highest BCUT2D eigenvalue weighted by Crippen LogP contribution is 2.40. The number of ether oxygens (including phenoxy) is 1. The average molecular weight is 437 g/mol. The Bertz CT molecular complexity index is 1100. The van der Waals surface area contributed by atoms with Crippen molar-refractivity contribution in [1.82, 2.24) is 9.97 Å². The van der Waals surface area contributed by atoms with Crippen molar-refractivity contribution < 1.29 is 23.1 Å². The highest BCUT2D eigenvalue weighted by Gasteiger charge is 2.31. The lowest BCUT2D eigenvalue weighted by molar-refractivity contribution is -0.114. The summed E-state index contributed by atoms with van der Waals surface area (Å²) in [6.07, 6.45) is 1.35. The van der Waals surface area contributed by atoms with Gasteiger partial charge in [-0.2, -0.15) is 0 Å². The Kier molecular flexibility index (Phi) is 5.73. The summed E-state index contributed by atoms with van der Waals surface area (Å²) < 4.78 is 28.9. The van der Waals surface area contributed by atoms with Crippen molar-refractivity contribution >= 4 is 61.2 Å². The van der Waals surface area contributed by atoms with Gasteiger partial charge in [-0.1, -0.05) is 29.5 Å². The maximum absolute atomic E-state index is 12.8. The monoisotopic (exact) mass is 436 g/mol. The third kappa shape index (κ3) is 4.63. The van der Waals surface area contributed by atoms with Crippen molar-refractivity contribution in [2.45, 2.75) is 33.3 Å². The Morgan fingerprint density at radius 2 is 2.00 bits per heavy atom. The molecule has 0 fully saturated rings. The number of amides is 1. The lowest BCUT2D eigenvalue weighted by Crippen LogP contribution is -2.26. The summed E-state index contributed by atoms with van der Waals surface area (Å²) in [5.41, 5.74) is 0.0786. The van der Waals surface area contributed by atoms with E-state index in [-0.39, 0.29) is 27.4 Å². The second kappa shape index (κ2) is 7.93. The van der Waals surface area contributed by atoms with Crippen LogP contribution >= 0.6 is 11.3 Å². The second-order valence-electron chi connectivity index (χ2n) is 7.11. The van der Waals surface area contributed by atoms with Gasteiger partial charge in [-0.3, -0.25) is 9.35 Å². The number of aromatic amines is 1. The number of esters is 1. The van der Waals surface area contributed by atoms with Gasteiger partial charge >= 0.3 is 5.97 Å². The maximum Gasteiger partial charge on any atom is 0.357 e. The Morgan fingerprint density at radius 1 is 1.31 bits per heavy atom. The number of hydrogen-bond acceptors (Lipinski definition) is 6. The Morgan fingerprint density at radius 3 is 2.62 bits per heavy atom. The smallest absolute Gasteiger partial charge is 0.357 e. The number of fused-ring (bicyclic) bond motifs is 1. The molecule has 154 valence electrons. The molecule has 0 aliphatic carbocycles. The number of para-hydroxylation sites is 1. The minimum atomic E-state index is -2.53. The summed E-state index contributed by atoms with van der Waals surface area (Å²) in [4.78, 5) is 31.1. The van der Waals surface area contributed by atoms with Gasteiger partial charge in [0.1, 0.15) is 10.6 Å². The number of nitrogens with zero attached hydrogens (tertiary/aromatic N) is 2. The van der Waals surface area contributed by atoms with Gasteiger partial charge in [0.15, 0.2) is 10.8 Å². The quantitative estimate of drug-likeness (QED) is 0.413. The third-order valence-electron chi connectivity index (χ3n) is 3.62. The maximum atomic E-state index is 12.8. The molecule has 1 amide bonds. The van der Waals surface area contributed by atoms with E-state index in [1.807, 2.05) is 0 Å². The average Bonchev–Trinajstić information content (AvgIpc) is 3.18. The Labute approximate surface area is 173 Å². The normalized spacial score (nSPS) is 12.6. The molecule has 0 aliphatic heterocycles. The molecule has 1 atom stereocenters. The lowest BCUT2D eigenvalue weighted by Gasteiger charge is -2.22. The molecule has 2 heterocycles. The molecule has 3 aromatic rings. The van der Waals surface area contributed by atoms with E-state index < -0.39 is 22.8 Å². The number of nitrogens with one attached hydrogen (secondary N) is 2. The number of hydrogen-bond donors (Lipinski definition) is 3. The minimum Gasteiger partial charge on any atom is -0.455 e. The zero-order chi connectivity index (χ0) is 21.3. The van der Waals surface area contributed by atoms with Crippen molar-refractivity contribution in [2.75, 3.05) is 9.62 Å². The van der Waals surface area contributed by atoms with Crippen LogP contribution in [0.15, 0.2) is 30.5 Å². The molecular formula is C18H20N4O5S2. The number of carbonyl (C=O) groups excluding carboxylic acids is 2. The molecule has 1 aromatic carbocycles. The molecule has 9 nitrogen and oxygen atoms in total. The minimum absolute atomic E-state index is 0.0398. The van der Waals surface area contributed by atoms with Crippen LogP contribution in [-0.4, -0.2) is 36.2 Å². The Balaban J connectivity index is 2.17. The first-order valence-electron chi connectivity index (χ1n) is 8.55. The van der Waals surface area contributed by atoms with E-state index in [9.17, 15) is 18.4 Å². The molecule has 3 rings (SSSR count). The van der Waals surface area contributed by atoms with Crippen LogP contribution in [0.5, 0.6) is 0 Å². The summed E-state index contributed by atoms with van der Waals surface area (Å²) in [6.45, 7) is 6.54. The summed E-state index contributed by atoms with van der Waals surface area (Å²) >= 11 is -1.52. The first kappa shape index (κ1) is 21.0. The number of thiazole rings is 1. The van der Waals surface area contributed by atoms with Crippen molar-refractivity contribution in [3.63, 3.8) is 0 Å². The molecule has 3 N–H and O–H groups in total. The standard InChI is InChI=1S/C18H20N4O5S2/c1-10(23)20-17-19-9-13(28-17)22(29(25)26)15-11-7-5-6-8-12(11)21-14(15)16(24)27-18(2,3)4/h5-9,21H,1-4H3,(H,25,26)(H,19,20,23). The molecule has 2 aromatic heterocycles. The fourth-order valence-corrected chi connectivity index (χ4v) is 4.28. The molecule has 0 saturated heterocycles. The molecule has 0 bridgehead atoms. The third-order valence-corrected chi connectivity index (χ3v) is 5.32. The number of H-pyrrole nitrogens is 1. The number of anilines is 3. The second-order valence-corrected chi connectivity index (χ2v) is 8.94.